The van der Waals surface area contributed by atoms with Crippen molar-refractivity contribution in [2.75, 3.05) is 17.4 Å². The molecule has 3 rings (SSSR count). The van der Waals surface area contributed by atoms with Gasteiger partial charge in [-0.1, -0.05) is 72.9 Å². The summed E-state index contributed by atoms with van der Waals surface area (Å²) in [5, 5.41) is 4.02. The van der Waals surface area contributed by atoms with Crippen LogP contribution in [0.3, 0.4) is 0 Å². The van der Waals surface area contributed by atoms with E-state index in [0.29, 0.717) is 38.4 Å². The molecule has 3 aromatic rings. The fraction of sp³-hybridized carbons (Fsp3) is 0.310. The molecule has 3 aromatic carbocycles. The zero-order chi connectivity index (χ0) is 29.6. The highest BCUT2D eigenvalue weighted by atomic mass is 35.5. The minimum atomic E-state index is -4.17. The molecule has 7 nitrogen and oxygen atoms in total. The number of rotatable bonds is 11. The van der Waals surface area contributed by atoms with Crippen LogP contribution in [-0.2, 0) is 26.2 Å². The van der Waals surface area contributed by atoms with Crippen LogP contribution in [0.2, 0.25) is 15.1 Å². The van der Waals surface area contributed by atoms with Gasteiger partial charge in [0.05, 0.1) is 10.6 Å². The largest absolute Gasteiger partial charge is 0.354 e. The summed E-state index contributed by atoms with van der Waals surface area (Å²) < 4.78 is 28.8. The van der Waals surface area contributed by atoms with Crippen LogP contribution in [0.1, 0.15) is 31.9 Å². The van der Waals surface area contributed by atoms with Gasteiger partial charge in [-0.05, 0) is 73.4 Å². The highest BCUT2D eigenvalue weighted by Crippen LogP contribution is 2.30. The Morgan fingerprint density at radius 3 is 2.12 bits per heavy atom. The van der Waals surface area contributed by atoms with E-state index in [1.54, 1.807) is 68.4 Å². The Hall–Kier alpha value is -2.78. The van der Waals surface area contributed by atoms with Crippen LogP contribution >= 0.6 is 34.8 Å². The third-order valence-electron chi connectivity index (χ3n) is 6.25. The maximum atomic E-state index is 14.0. The van der Waals surface area contributed by atoms with Crippen LogP contribution in [0.25, 0.3) is 0 Å². The molecule has 0 unspecified atom stereocenters. The van der Waals surface area contributed by atoms with E-state index in [4.69, 9.17) is 34.8 Å². The summed E-state index contributed by atoms with van der Waals surface area (Å²) in [6, 6.07) is 16.5. The maximum Gasteiger partial charge on any atom is 0.264 e. The van der Waals surface area contributed by atoms with Crippen LogP contribution < -0.4 is 9.62 Å². The Bertz CT molecular complexity index is 1470. The van der Waals surface area contributed by atoms with Crippen LogP contribution in [0, 0.1) is 12.8 Å². The minimum Gasteiger partial charge on any atom is -0.354 e. The number of nitrogens with zero attached hydrogens (tertiary/aromatic N) is 2. The molecule has 214 valence electrons. The van der Waals surface area contributed by atoms with Gasteiger partial charge in [0.1, 0.15) is 12.6 Å². The van der Waals surface area contributed by atoms with Crippen LogP contribution in [-0.4, -0.2) is 44.3 Å². The molecule has 40 heavy (non-hydrogen) atoms. The summed E-state index contributed by atoms with van der Waals surface area (Å²) in [5.74, 6) is -0.759. The molecule has 0 bridgehead atoms. The Morgan fingerprint density at radius 1 is 0.900 bits per heavy atom. The van der Waals surface area contributed by atoms with Crippen molar-refractivity contribution in [2.45, 2.75) is 45.2 Å². The van der Waals surface area contributed by atoms with Crippen LogP contribution in [0.4, 0.5) is 5.69 Å². The second-order valence-electron chi connectivity index (χ2n) is 9.83. The van der Waals surface area contributed by atoms with Crippen molar-refractivity contribution < 1.29 is 18.0 Å². The summed E-state index contributed by atoms with van der Waals surface area (Å²) in [7, 11) is -4.17. The summed E-state index contributed by atoms with van der Waals surface area (Å²) in [5.41, 5.74) is 1.42. The van der Waals surface area contributed by atoms with Crippen molar-refractivity contribution in [2.24, 2.45) is 5.92 Å². The highest BCUT2D eigenvalue weighted by molar-refractivity contribution is 7.92. The molecule has 0 saturated carbocycles. The van der Waals surface area contributed by atoms with Crippen molar-refractivity contribution in [3.8, 4) is 0 Å². The van der Waals surface area contributed by atoms with Crippen LogP contribution in [0.5, 0.6) is 0 Å². The third-order valence-corrected chi connectivity index (χ3v) is 8.84. The summed E-state index contributed by atoms with van der Waals surface area (Å²) >= 11 is 18.6. The average molecular weight is 625 g/mol. The lowest BCUT2D eigenvalue weighted by Crippen LogP contribution is -2.51. The molecule has 0 aliphatic carbocycles. The van der Waals surface area contributed by atoms with Gasteiger partial charge in [0.15, 0.2) is 0 Å². The van der Waals surface area contributed by atoms with E-state index in [1.165, 1.54) is 17.0 Å². The topological polar surface area (TPSA) is 86.8 Å². The fourth-order valence-corrected chi connectivity index (χ4v) is 6.19. The maximum absolute atomic E-state index is 14.0. The lowest BCUT2D eigenvalue weighted by atomic mass is 10.1. The molecule has 0 radical (unpaired) electrons. The zero-order valence-corrected chi connectivity index (χ0v) is 25.8. The molecule has 1 atom stereocenters. The second kappa shape index (κ2) is 13.7. The molecule has 1 N–H and O–H groups in total. The Morgan fingerprint density at radius 2 is 1.52 bits per heavy atom. The van der Waals surface area contributed by atoms with E-state index < -0.39 is 28.5 Å². The lowest BCUT2D eigenvalue weighted by molar-refractivity contribution is -0.139. The predicted molar refractivity (Wildman–Crippen MR) is 161 cm³/mol. The number of sulfonamides is 1. The van der Waals surface area contributed by atoms with E-state index in [-0.39, 0.29) is 23.3 Å². The third kappa shape index (κ3) is 7.91. The lowest BCUT2D eigenvalue weighted by Gasteiger charge is -2.32. The number of benzene rings is 3. The number of hydrogen-bond donors (Lipinski definition) is 1. The first-order valence-electron chi connectivity index (χ1n) is 12.7. The number of carbonyl (C=O) groups excluding carboxylic acids is 2. The van der Waals surface area contributed by atoms with Crippen LogP contribution in [0.15, 0.2) is 71.6 Å². The number of aryl methyl sites for hydroxylation is 1. The molecule has 0 aromatic heterocycles. The fourth-order valence-electron chi connectivity index (χ4n) is 4.00. The van der Waals surface area contributed by atoms with E-state index in [1.807, 2.05) is 13.8 Å². The van der Waals surface area contributed by atoms with Crippen molar-refractivity contribution >= 4 is 62.3 Å². The first-order chi connectivity index (χ1) is 18.8. The van der Waals surface area contributed by atoms with Crippen molar-refractivity contribution in [1.29, 1.82) is 0 Å². The number of hydrogen-bond acceptors (Lipinski definition) is 4. The Kier molecular flexibility index (Phi) is 10.9. The molecular weight excluding hydrogens is 593 g/mol. The van der Waals surface area contributed by atoms with Gasteiger partial charge in [-0.3, -0.25) is 13.9 Å². The molecule has 0 spiro atoms. The molecule has 11 heteroatoms. The standard InChI is InChI=1S/C29H32Cl3N3O4S/c1-19(2)16-33-29(37)21(4)34(17-22-10-11-24(31)15-26(22)32)28(36)18-35(27-13-12-23(30)14-20(27)3)40(38,39)25-8-6-5-7-9-25/h5-15,19,21H,16-18H2,1-4H3,(H,33,37)/t21-/m1/s1. The minimum absolute atomic E-state index is 0.0205. The second-order valence-corrected chi connectivity index (χ2v) is 13.0. The molecule has 2 amide bonds. The Balaban J connectivity index is 2.06. The van der Waals surface area contributed by atoms with Gasteiger partial charge in [-0.25, -0.2) is 8.42 Å². The van der Waals surface area contributed by atoms with Gasteiger partial charge in [0, 0.05) is 28.2 Å². The number of amides is 2. The zero-order valence-electron chi connectivity index (χ0n) is 22.7. The predicted octanol–water partition coefficient (Wildman–Crippen LogP) is 6.34. The molecule has 0 saturated heterocycles. The van der Waals surface area contributed by atoms with Gasteiger partial charge in [-0.15, -0.1) is 0 Å². The van der Waals surface area contributed by atoms with Gasteiger partial charge < -0.3 is 10.2 Å². The first kappa shape index (κ1) is 31.7. The van der Waals surface area contributed by atoms with Gasteiger partial charge >= 0.3 is 0 Å². The number of nitrogens with one attached hydrogen (secondary N) is 1. The summed E-state index contributed by atoms with van der Waals surface area (Å²) in [6.45, 7) is 7.06. The Labute approximate surface area is 251 Å². The quantitative estimate of drug-likeness (QED) is 0.270. The van der Waals surface area contributed by atoms with E-state index in [9.17, 15) is 18.0 Å². The van der Waals surface area contributed by atoms with E-state index >= 15 is 0 Å². The average Bonchev–Trinajstić information content (AvgIpc) is 2.90. The molecule has 0 aliphatic heterocycles. The van der Waals surface area contributed by atoms with Gasteiger partial charge in [-0.2, -0.15) is 0 Å². The molecular formula is C29H32Cl3N3O4S. The van der Waals surface area contributed by atoms with Crippen molar-refractivity contribution in [3.63, 3.8) is 0 Å². The van der Waals surface area contributed by atoms with E-state index in [0.717, 1.165) is 4.31 Å². The monoisotopic (exact) mass is 623 g/mol. The van der Waals surface area contributed by atoms with Crippen molar-refractivity contribution in [3.05, 3.63) is 92.9 Å². The highest BCUT2D eigenvalue weighted by Gasteiger charge is 2.33. The number of halogens is 3. The number of carbonyl (C=O) groups is 2. The molecule has 0 aliphatic rings. The summed E-state index contributed by atoms with van der Waals surface area (Å²) in [4.78, 5) is 28.4. The molecule has 0 fully saturated rings. The van der Waals surface area contributed by atoms with Crippen molar-refractivity contribution in [1.82, 2.24) is 10.2 Å². The number of anilines is 1. The van der Waals surface area contributed by atoms with Gasteiger partial charge in [0.2, 0.25) is 11.8 Å². The molecule has 0 heterocycles. The van der Waals surface area contributed by atoms with E-state index in [2.05, 4.69) is 5.32 Å². The normalized spacial score (nSPS) is 12.2. The summed E-state index contributed by atoms with van der Waals surface area (Å²) in [6.07, 6.45) is 0. The smallest absolute Gasteiger partial charge is 0.264 e. The SMILES string of the molecule is Cc1cc(Cl)ccc1N(CC(=O)N(Cc1ccc(Cl)cc1Cl)[C@H](C)C(=O)NCC(C)C)S(=O)(=O)c1ccccc1. The first-order valence-corrected chi connectivity index (χ1v) is 15.2. The van der Waals surface area contributed by atoms with Gasteiger partial charge in [0.25, 0.3) is 10.0 Å².